The van der Waals surface area contributed by atoms with E-state index in [1.54, 1.807) is 13.0 Å². The topological polar surface area (TPSA) is 55.1 Å². The van der Waals surface area contributed by atoms with E-state index in [4.69, 9.17) is 16.1 Å². The summed E-state index contributed by atoms with van der Waals surface area (Å²) in [6.45, 7) is 3.63. The van der Waals surface area contributed by atoms with Crippen molar-refractivity contribution in [3.63, 3.8) is 0 Å². The van der Waals surface area contributed by atoms with Crippen LogP contribution in [0.15, 0.2) is 34.9 Å². The van der Waals surface area contributed by atoms with Crippen LogP contribution in [0.5, 0.6) is 0 Å². The molecular weight excluding hydrogens is 296 g/mol. The van der Waals surface area contributed by atoms with Gasteiger partial charge in [-0.2, -0.15) is 0 Å². The molecule has 0 radical (unpaired) electrons. The van der Waals surface area contributed by atoms with E-state index >= 15 is 0 Å². The molecule has 6 heteroatoms. The number of carbonyl (C=O) groups excluding carboxylic acids is 1. The molecule has 0 aliphatic heterocycles. The fourth-order valence-electron chi connectivity index (χ4n) is 1.56. The van der Waals surface area contributed by atoms with Gasteiger partial charge in [0, 0.05) is 16.8 Å². The van der Waals surface area contributed by atoms with E-state index in [1.807, 2.05) is 31.2 Å². The van der Waals surface area contributed by atoms with E-state index in [0.717, 1.165) is 10.6 Å². The van der Waals surface area contributed by atoms with E-state index in [0.29, 0.717) is 17.3 Å². The molecule has 4 nitrogen and oxygen atoms in total. The van der Waals surface area contributed by atoms with Gasteiger partial charge >= 0.3 is 0 Å². The number of anilines is 1. The standard InChI is InChI=1S/C14H15ClN2O2S/c1-9-7-13(17-19-9)16-14(18)10(2)20-8-11-5-3-4-6-12(11)15/h3-7,10H,8H2,1-2H3,(H,16,17,18)/t10-/m0/s1. The summed E-state index contributed by atoms with van der Waals surface area (Å²) in [6.07, 6.45) is 0. The smallest absolute Gasteiger partial charge is 0.238 e. The molecular formula is C14H15ClN2O2S. The molecule has 1 amide bonds. The quantitative estimate of drug-likeness (QED) is 0.910. The number of halogens is 1. The Kier molecular flexibility index (Phi) is 5.09. The number of aryl methyl sites for hydroxylation is 1. The van der Waals surface area contributed by atoms with Crippen LogP contribution >= 0.6 is 23.4 Å². The number of rotatable bonds is 5. The number of carbonyl (C=O) groups is 1. The Balaban J connectivity index is 1.87. The van der Waals surface area contributed by atoms with Crippen molar-refractivity contribution in [1.29, 1.82) is 0 Å². The third-order valence-electron chi connectivity index (χ3n) is 2.70. The first-order valence-electron chi connectivity index (χ1n) is 6.15. The maximum Gasteiger partial charge on any atom is 0.238 e. The van der Waals surface area contributed by atoms with Crippen molar-refractivity contribution in [3.8, 4) is 0 Å². The monoisotopic (exact) mass is 310 g/mol. The van der Waals surface area contributed by atoms with Gasteiger partial charge in [0.1, 0.15) is 5.76 Å². The van der Waals surface area contributed by atoms with Crippen molar-refractivity contribution >= 4 is 35.1 Å². The van der Waals surface area contributed by atoms with E-state index in [9.17, 15) is 4.79 Å². The Morgan fingerprint density at radius 1 is 1.50 bits per heavy atom. The molecule has 2 aromatic rings. The first kappa shape index (κ1) is 14.9. The number of aromatic nitrogens is 1. The number of nitrogens with one attached hydrogen (secondary N) is 1. The minimum absolute atomic E-state index is 0.102. The second-order valence-corrected chi connectivity index (χ2v) is 6.09. The van der Waals surface area contributed by atoms with Gasteiger partial charge in [-0.25, -0.2) is 0 Å². The van der Waals surface area contributed by atoms with Crippen LogP contribution in [0.4, 0.5) is 5.82 Å². The molecule has 0 aliphatic carbocycles. The third kappa shape index (κ3) is 4.02. The fourth-order valence-corrected chi connectivity index (χ4v) is 2.73. The molecule has 0 unspecified atom stereocenters. The molecule has 0 saturated carbocycles. The predicted molar refractivity (Wildman–Crippen MR) is 82.1 cm³/mol. The lowest BCUT2D eigenvalue weighted by atomic mass is 10.2. The van der Waals surface area contributed by atoms with Crippen LogP contribution in [-0.2, 0) is 10.5 Å². The Bertz CT molecular complexity index is 600. The zero-order valence-corrected chi connectivity index (χ0v) is 12.8. The highest BCUT2D eigenvalue weighted by molar-refractivity contribution is 7.99. The second-order valence-electron chi connectivity index (χ2n) is 4.36. The summed E-state index contributed by atoms with van der Waals surface area (Å²) in [5.41, 5.74) is 1.02. The zero-order valence-electron chi connectivity index (χ0n) is 11.2. The van der Waals surface area contributed by atoms with Gasteiger partial charge in [-0.1, -0.05) is 35.0 Å². The Hall–Kier alpha value is -1.46. The Labute approximate surface area is 126 Å². The average molecular weight is 311 g/mol. The van der Waals surface area contributed by atoms with Gasteiger partial charge in [-0.3, -0.25) is 4.79 Å². The lowest BCUT2D eigenvalue weighted by Gasteiger charge is -2.11. The van der Waals surface area contributed by atoms with Crippen molar-refractivity contribution in [3.05, 3.63) is 46.7 Å². The molecule has 1 aromatic carbocycles. The molecule has 1 N–H and O–H groups in total. The molecule has 20 heavy (non-hydrogen) atoms. The van der Waals surface area contributed by atoms with Crippen molar-refractivity contribution < 1.29 is 9.32 Å². The first-order chi connectivity index (χ1) is 9.56. The number of hydrogen-bond donors (Lipinski definition) is 1. The Morgan fingerprint density at radius 2 is 2.25 bits per heavy atom. The van der Waals surface area contributed by atoms with Crippen molar-refractivity contribution in [2.75, 3.05) is 5.32 Å². The average Bonchev–Trinajstić information content (AvgIpc) is 2.82. The molecule has 0 bridgehead atoms. The van der Waals surface area contributed by atoms with Gasteiger partial charge in [0.05, 0.1) is 5.25 Å². The molecule has 1 atom stereocenters. The van der Waals surface area contributed by atoms with Gasteiger partial charge in [-0.15, -0.1) is 11.8 Å². The minimum atomic E-state index is -0.205. The SMILES string of the molecule is Cc1cc(NC(=O)[C@H](C)SCc2ccccc2Cl)no1. The summed E-state index contributed by atoms with van der Waals surface area (Å²) >= 11 is 7.61. The maximum absolute atomic E-state index is 12.0. The van der Waals surface area contributed by atoms with Crippen LogP contribution in [-0.4, -0.2) is 16.3 Å². The number of benzene rings is 1. The largest absolute Gasteiger partial charge is 0.360 e. The zero-order chi connectivity index (χ0) is 14.5. The summed E-state index contributed by atoms with van der Waals surface area (Å²) in [7, 11) is 0. The number of hydrogen-bond acceptors (Lipinski definition) is 4. The third-order valence-corrected chi connectivity index (χ3v) is 4.26. The molecule has 2 rings (SSSR count). The molecule has 0 spiro atoms. The number of amides is 1. The summed E-state index contributed by atoms with van der Waals surface area (Å²) in [5.74, 6) is 1.69. The normalized spacial score (nSPS) is 12.2. The lowest BCUT2D eigenvalue weighted by molar-refractivity contribution is -0.115. The van der Waals surface area contributed by atoms with E-state index in [1.165, 1.54) is 11.8 Å². The summed E-state index contributed by atoms with van der Waals surface area (Å²) in [5, 5.41) is 6.97. The number of thioether (sulfide) groups is 1. The van der Waals surface area contributed by atoms with Gasteiger partial charge in [0.15, 0.2) is 5.82 Å². The molecule has 0 fully saturated rings. The highest BCUT2D eigenvalue weighted by Gasteiger charge is 2.15. The minimum Gasteiger partial charge on any atom is -0.360 e. The van der Waals surface area contributed by atoms with Gasteiger partial charge in [0.2, 0.25) is 5.91 Å². The lowest BCUT2D eigenvalue weighted by Crippen LogP contribution is -2.22. The summed E-state index contributed by atoms with van der Waals surface area (Å²) in [6, 6.07) is 9.31. The number of nitrogens with zero attached hydrogens (tertiary/aromatic N) is 1. The van der Waals surface area contributed by atoms with Gasteiger partial charge in [0.25, 0.3) is 0 Å². The van der Waals surface area contributed by atoms with Crippen LogP contribution in [0.25, 0.3) is 0 Å². The van der Waals surface area contributed by atoms with Crippen LogP contribution in [0.2, 0.25) is 5.02 Å². The first-order valence-corrected chi connectivity index (χ1v) is 7.58. The van der Waals surface area contributed by atoms with Crippen LogP contribution < -0.4 is 5.32 Å². The van der Waals surface area contributed by atoms with Gasteiger partial charge in [-0.05, 0) is 25.5 Å². The van der Waals surface area contributed by atoms with E-state index in [-0.39, 0.29) is 11.2 Å². The maximum atomic E-state index is 12.0. The summed E-state index contributed by atoms with van der Waals surface area (Å²) < 4.78 is 4.90. The highest BCUT2D eigenvalue weighted by Crippen LogP contribution is 2.24. The van der Waals surface area contributed by atoms with Gasteiger partial charge < -0.3 is 9.84 Å². The fraction of sp³-hybridized carbons (Fsp3) is 0.286. The van der Waals surface area contributed by atoms with Crippen molar-refractivity contribution in [1.82, 2.24) is 5.16 Å². The van der Waals surface area contributed by atoms with E-state index in [2.05, 4.69) is 10.5 Å². The molecule has 1 aromatic heterocycles. The van der Waals surface area contributed by atoms with E-state index < -0.39 is 0 Å². The Morgan fingerprint density at radius 3 is 2.90 bits per heavy atom. The molecule has 0 aliphatic rings. The van der Waals surface area contributed by atoms with Crippen LogP contribution in [0.1, 0.15) is 18.2 Å². The van der Waals surface area contributed by atoms with Crippen LogP contribution in [0, 0.1) is 6.92 Å². The second kappa shape index (κ2) is 6.81. The molecule has 1 heterocycles. The van der Waals surface area contributed by atoms with Crippen LogP contribution in [0.3, 0.4) is 0 Å². The van der Waals surface area contributed by atoms with Crippen molar-refractivity contribution in [2.24, 2.45) is 0 Å². The summed E-state index contributed by atoms with van der Waals surface area (Å²) in [4.78, 5) is 12.0. The van der Waals surface area contributed by atoms with Crippen molar-refractivity contribution in [2.45, 2.75) is 24.9 Å². The molecule has 106 valence electrons. The predicted octanol–water partition coefficient (Wildman–Crippen LogP) is 3.90. The highest BCUT2D eigenvalue weighted by atomic mass is 35.5. The molecule has 0 saturated heterocycles.